The van der Waals surface area contributed by atoms with E-state index in [0.29, 0.717) is 19.5 Å². The van der Waals surface area contributed by atoms with Crippen LogP contribution in [-0.4, -0.2) is 71.0 Å². The summed E-state index contributed by atoms with van der Waals surface area (Å²) in [6.45, 7) is 4.70. The van der Waals surface area contributed by atoms with Crippen molar-refractivity contribution in [3.63, 3.8) is 0 Å². The Morgan fingerprint density at radius 2 is 1.73 bits per heavy atom. The summed E-state index contributed by atoms with van der Waals surface area (Å²) in [6, 6.07) is 0. The van der Waals surface area contributed by atoms with Crippen LogP contribution in [0.3, 0.4) is 0 Å². The first kappa shape index (κ1) is 32.5. The summed E-state index contributed by atoms with van der Waals surface area (Å²) >= 11 is 0. The average Bonchev–Trinajstić information content (AvgIpc) is 3.22. The van der Waals surface area contributed by atoms with Crippen LogP contribution in [0, 0.1) is 5.92 Å². The first-order valence-corrected chi connectivity index (χ1v) is 13.6. The first-order chi connectivity index (χ1) is 19.1. The van der Waals surface area contributed by atoms with Crippen molar-refractivity contribution < 1.29 is 38.5 Å². The highest BCUT2D eigenvalue weighted by Crippen LogP contribution is 2.39. The minimum Gasteiger partial charge on any atom is -0.481 e. The molecule has 0 bridgehead atoms. The fourth-order valence-electron chi connectivity index (χ4n) is 4.48. The Hall–Kier alpha value is -3.68. The standard InChI is InChI=1S/C26H40N4O10/c1-4-18-16(2)22(40-21(34)10-9-20(32)33)23(39-18)17-15-30(25(36)29-24(17)35)14-11-19(31)27-12-7-5-6-8-13-28-26(37)38-3/h15-16,18,22-23H,4-14H2,1-3H3,(H,27,31)(H,28,37)(H,32,33)(H,29,35,36)/t16?,18-,22+,23+/m1/s1. The van der Waals surface area contributed by atoms with Crippen molar-refractivity contribution in [1.82, 2.24) is 20.2 Å². The second-order valence-corrected chi connectivity index (χ2v) is 9.68. The maximum atomic E-state index is 12.7. The molecule has 4 atom stereocenters. The van der Waals surface area contributed by atoms with Crippen molar-refractivity contribution in [1.29, 1.82) is 0 Å². The van der Waals surface area contributed by atoms with E-state index in [1.54, 1.807) is 0 Å². The van der Waals surface area contributed by atoms with Crippen molar-refractivity contribution >= 4 is 23.9 Å². The van der Waals surface area contributed by atoms with Gasteiger partial charge < -0.3 is 30.0 Å². The molecule has 1 fully saturated rings. The number of esters is 1. The number of ether oxygens (including phenoxy) is 3. The first-order valence-electron chi connectivity index (χ1n) is 13.6. The van der Waals surface area contributed by atoms with Crippen LogP contribution >= 0.6 is 0 Å². The zero-order chi connectivity index (χ0) is 29.7. The molecule has 0 saturated carbocycles. The van der Waals surface area contributed by atoms with Crippen LogP contribution in [0.5, 0.6) is 0 Å². The van der Waals surface area contributed by atoms with Crippen LogP contribution in [-0.2, 0) is 35.1 Å². The van der Waals surface area contributed by atoms with E-state index in [4.69, 9.17) is 14.6 Å². The minimum atomic E-state index is -1.13. The van der Waals surface area contributed by atoms with E-state index in [9.17, 15) is 28.8 Å². The number of aromatic nitrogens is 2. The Morgan fingerprint density at radius 3 is 2.35 bits per heavy atom. The topological polar surface area (TPSA) is 195 Å². The van der Waals surface area contributed by atoms with Crippen LogP contribution in [0.15, 0.2) is 15.8 Å². The molecule has 0 radical (unpaired) electrons. The van der Waals surface area contributed by atoms with E-state index in [-0.39, 0.29) is 49.3 Å². The molecule has 4 N–H and O–H groups in total. The second kappa shape index (κ2) is 16.4. The fourth-order valence-corrected chi connectivity index (χ4v) is 4.48. The van der Waals surface area contributed by atoms with Gasteiger partial charge in [0.2, 0.25) is 5.91 Å². The predicted octanol–water partition coefficient (Wildman–Crippen LogP) is 1.22. The molecule has 1 aliphatic heterocycles. The Balaban J connectivity index is 1.94. The summed E-state index contributed by atoms with van der Waals surface area (Å²) in [5.74, 6) is -2.38. The van der Waals surface area contributed by atoms with Crippen molar-refractivity contribution in [2.24, 2.45) is 5.92 Å². The van der Waals surface area contributed by atoms with Gasteiger partial charge in [-0.2, -0.15) is 0 Å². The molecule has 0 aliphatic carbocycles. The highest BCUT2D eigenvalue weighted by atomic mass is 16.6. The average molecular weight is 569 g/mol. The van der Waals surface area contributed by atoms with Gasteiger partial charge in [0.05, 0.1) is 31.6 Å². The largest absolute Gasteiger partial charge is 0.481 e. The zero-order valence-corrected chi connectivity index (χ0v) is 23.2. The van der Waals surface area contributed by atoms with Gasteiger partial charge in [0.25, 0.3) is 5.56 Å². The molecule has 2 rings (SSSR count). The maximum Gasteiger partial charge on any atom is 0.406 e. The van der Waals surface area contributed by atoms with E-state index >= 15 is 0 Å². The highest BCUT2D eigenvalue weighted by Gasteiger charge is 2.45. The fraction of sp³-hybridized carbons (Fsp3) is 0.692. The van der Waals surface area contributed by atoms with Gasteiger partial charge in [0, 0.05) is 38.2 Å². The van der Waals surface area contributed by atoms with Gasteiger partial charge in [-0.1, -0.05) is 26.7 Å². The number of aryl methyl sites for hydroxylation is 1. The number of hydrogen-bond acceptors (Lipinski definition) is 9. The summed E-state index contributed by atoms with van der Waals surface area (Å²) in [5.41, 5.74) is -1.29. The van der Waals surface area contributed by atoms with Gasteiger partial charge in [-0.25, -0.2) is 9.59 Å². The lowest BCUT2D eigenvalue weighted by atomic mass is 9.94. The molecule has 1 aromatic rings. The molecule has 1 aromatic heterocycles. The number of carboxylic acids is 1. The molecule has 1 saturated heterocycles. The summed E-state index contributed by atoms with van der Waals surface area (Å²) in [4.78, 5) is 73.7. The van der Waals surface area contributed by atoms with Crippen LogP contribution < -0.4 is 21.9 Å². The maximum absolute atomic E-state index is 12.7. The molecule has 14 heteroatoms. The van der Waals surface area contributed by atoms with Crippen LogP contribution in [0.4, 0.5) is 4.79 Å². The zero-order valence-electron chi connectivity index (χ0n) is 23.2. The molecule has 0 spiro atoms. The molecule has 0 aromatic carbocycles. The van der Waals surface area contributed by atoms with Crippen molar-refractivity contribution in [2.75, 3.05) is 20.2 Å². The number of amides is 2. The lowest BCUT2D eigenvalue weighted by Crippen LogP contribution is -2.37. The smallest absolute Gasteiger partial charge is 0.406 e. The second-order valence-electron chi connectivity index (χ2n) is 9.68. The number of unbranched alkanes of at least 4 members (excludes halogenated alkanes) is 3. The molecule has 40 heavy (non-hydrogen) atoms. The molecule has 1 unspecified atom stereocenters. The monoisotopic (exact) mass is 568 g/mol. The number of carbonyl (C=O) groups is 4. The summed E-state index contributed by atoms with van der Waals surface area (Å²) in [5, 5.41) is 14.2. The van der Waals surface area contributed by atoms with Crippen LogP contribution in [0.2, 0.25) is 0 Å². The van der Waals surface area contributed by atoms with E-state index < -0.39 is 41.5 Å². The van der Waals surface area contributed by atoms with Gasteiger partial charge in [-0.3, -0.25) is 28.7 Å². The third-order valence-electron chi connectivity index (χ3n) is 6.74. The highest BCUT2D eigenvalue weighted by molar-refractivity contribution is 5.76. The number of methoxy groups -OCH3 is 1. The number of hydrogen-bond donors (Lipinski definition) is 4. The van der Waals surface area contributed by atoms with Gasteiger partial charge in [-0.05, 0) is 19.3 Å². The SMILES string of the molecule is CC[C@H]1O[C@@H](c2cn(CCC(=O)NCCCCCCNC(=O)OC)c(=O)[nH]c2=O)[C@@H](OC(=O)CCC(=O)O)C1C. The number of H-pyrrole nitrogens is 1. The number of carboxylic acid groups (broad SMARTS) is 1. The van der Waals surface area contributed by atoms with Crippen molar-refractivity contribution in [2.45, 2.75) is 90.1 Å². The molecule has 1 aliphatic rings. The Bertz CT molecular complexity index is 1130. The van der Waals surface area contributed by atoms with E-state index in [2.05, 4.69) is 20.4 Å². The number of nitrogens with one attached hydrogen (secondary N) is 3. The van der Waals surface area contributed by atoms with Gasteiger partial charge in [-0.15, -0.1) is 0 Å². The summed E-state index contributed by atoms with van der Waals surface area (Å²) in [7, 11) is 1.31. The number of aliphatic carboxylic acids is 1. The van der Waals surface area contributed by atoms with Crippen molar-refractivity contribution in [3.05, 3.63) is 32.6 Å². The molecule has 14 nitrogen and oxygen atoms in total. The molecular formula is C26H40N4O10. The number of aromatic amines is 1. The van der Waals surface area contributed by atoms with Gasteiger partial charge in [0.1, 0.15) is 12.2 Å². The van der Waals surface area contributed by atoms with Crippen LogP contribution in [0.1, 0.15) is 76.9 Å². The number of alkyl carbamates (subject to hydrolysis) is 1. The lowest BCUT2D eigenvalue weighted by Gasteiger charge is -2.22. The van der Waals surface area contributed by atoms with Crippen LogP contribution in [0.25, 0.3) is 0 Å². The van der Waals surface area contributed by atoms with E-state index in [1.807, 2.05) is 13.8 Å². The third-order valence-corrected chi connectivity index (χ3v) is 6.74. The molecule has 224 valence electrons. The number of rotatable bonds is 16. The van der Waals surface area contributed by atoms with E-state index in [0.717, 1.165) is 25.7 Å². The quantitative estimate of drug-likeness (QED) is 0.166. The Morgan fingerprint density at radius 1 is 1.05 bits per heavy atom. The summed E-state index contributed by atoms with van der Waals surface area (Å²) < 4.78 is 17.3. The number of carbonyl (C=O) groups excluding carboxylic acids is 3. The Kier molecular flexibility index (Phi) is 13.4. The lowest BCUT2D eigenvalue weighted by molar-refractivity contribution is -0.155. The molecule has 2 heterocycles. The molecular weight excluding hydrogens is 528 g/mol. The minimum absolute atomic E-state index is 0.00154. The Labute approximate surface area is 231 Å². The normalized spacial score (nSPS) is 20.1. The third kappa shape index (κ3) is 10.1. The van der Waals surface area contributed by atoms with E-state index in [1.165, 1.54) is 17.9 Å². The number of nitrogens with zero attached hydrogens (tertiary/aromatic N) is 1. The predicted molar refractivity (Wildman–Crippen MR) is 142 cm³/mol. The molecule has 2 amide bonds. The van der Waals surface area contributed by atoms with Crippen molar-refractivity contribution in [3.8, 4) is 0 Å². The van der Waals surface area contributed by atoms with Gasteiger partial charge in [0.15, 0.2) is 0 Å². The summed E-state index contributed by atoms with van der Waals surface area (Å²) in [6.07, 6.45) is 1.92. The van der Waals surface area contributed by atoms with Gasteiger partial charge >= 0.3 is 23.7 Å².